The van der Waals surface area contributed by atoms with Crippen LogP contribution in [-0.4, -0.2) is 10.5 Å². The number of amides is 1. The van der Waals surface area contributed by atoms with E-state index in [1.54, 1.807) is 22.8 Å². The summed E-state index contributed by atoms with van der Waals surface area (Å²) >= 11 is 0. The number of hydrogen-bond donors (Lipinski definition) is 1. The molecule has 0 atom stereocenters. The summed E-state index contributed by atoms with van der Waals surface area (Å²) < 4.78 is 57.5. The van der Waals surface area contributed by atoms with Crippen LogP contribution in [0, 0.1) is 5.82 Å². The zero-order valence-corrected chi connectivity index (χ0v) is 17.7. The van der Waals surface area contributed by atoms with Crippen LogP contribution in [-0.2, 0) is 12.7 Å². The van der Waals surface area contributed by atoms with Crippen molar-refractivity contribution < 1.29 is 22.4 Å². The molecular formula is C27H18F4N2O. The first-order valence-electron chi connectivity index (χ1n) is 10.5. The van der Waals surface area contributed by atoms with Gasteiger partial charge in [0.05, 0.1) is 23.1 Å². The number of aromatic nitrogens is 1. The molecule has 1 heterocycles. The molecule has 0 unspecified atom stereocenters. The summed E-state index contributed by atoms with van der Waals surface area (Å²) in [5.74, 6) is -1.60. The second kappa shape index (κ2) is 8.02. The predicted octanol–water partition coefficient (Wildman–Crippen LogP) is 6.77. The Morgan fingerprint density at radius 3 is 2.26 bits per heavy atom. The number of nitrogens with two attached hydrogens (primary N) is 1. The van der Waals surface area contributed by atoms with Gasteiger partial charge in [0.1, 0.15) is 5.82 Å². The molecular weight excluding hydrogens is 444 g/mol. The van der Waals surface area contributed by atoms with Crippen molar-refractivity contribution in [2.45, 2.75) is 12.7 Å². The zero-order chi connectivity index (χ0) is 24.0. The van der Waals surface area contributed by atoms with Crippen molar-refractivity contribution in [1.82, 2.24) is 4.57 Å². The van der Waals surface area contributed by atoms with E-state index in [-0.39, 0.29) is 12.1 Å². The number of benzene rings is 4. The average molecular weight is 462 g/mol. The van der Waals surface area contributed by atoms with Gasteiger partial charge in [-0.3, -0.25) is 4.79 Å². The molecule has 4 aromatic carbocycles. The minimum absolute atomic E-state index is 0.248. The minimum atomic E-state index is -4.72. The molecule has 0 aliphatic rings. The average Bonchev–Trinajstić information content (AvgIpc) is 3.13. The Morgan fingerprint density at radius 2 is 1.56 bits per heavy atom. The molecule has 0 bridgehead atoms. The van der Waals surface area contributed by atoms with E-state index < -0.39 is 29.0 Å². The lowest BCUT2D eigenvalue weighted by molar-refractivity contribution is -0.138. The Bertz CT molecular complexity index is 1550. The normalized spacial score (nSPS) is 11.9. The highest BCUT2D eigenvalue weighted by atomic mass is 19.4. The van der Waals surface area contributed by atoms with Crippen LogP contribution in [0.3, 0.4) is 0 Å². The minimum Gasteiger partial charge on any atom is -0.366 e. The lowest BCUT2D eigenvalue weighted by atomic mass is 10.0. The molecule has 0 saturated heterocycles. The van der Waals surface area contributed by atoms with Gasteiger partial charge in [0.2, 0.25) is 5.91 Å². The maximum atomic E-state index is 14.7. The summed E-state index contributed by atoms with van der Waals surface area (Å²) in [7, 11) is 0. The van der Waals surface area contributed by atoms with E-state index in [0.717, 1.165) is 29.3 Å². The second-order valence-corrected chi connectivity index (χ2v) is 8.01. The van der Waals surface area contributed by atoms with Gasteiger partial charge in [-0.2, -0.15) is 13.2 Å². The number of alkyl halides is 3. The Kier molecular flexibility index (Phi) is 5.12. The van der Waals surface area contributed by atoms with Gasteiger partial charge in [0, 0.05) is 21.9 Å². The number of primary amides is 1. The predicted molar refractivity (Wildman–Crippen MR) is 124 cm³/mol. The Morgan fingerprint density at radius 1 is 0.824 bits per heavy atom. The van der Waals surface area contributed by atoms with Crippen LogP contribution in [0.25, 0.3) is 32.9 Å². The molecule has 7 heteroatoms. The molecule has 1 aromatic heterocycles. The molecule has 5 rings (SSSR count). The van der Waals surface area contributed by atoms with Crippen molar-refractivity contribution in [3.8, 4) is 11.1 Å². The van der Waals surface area contributed by atoms with E-state index in [1.807, 2.05) is 48.5 Å². The largest absolute Gasteiger partial charge is 0.416 e. The van der Waals surface area contributed by atoms with E-state index in [4.69, 9.17) is 5.73 Å². The van der Waals surface area contributed by atoms with E-state index in [0.29, 0.717) is 21.8 Å². The Balaban J connectivity index is 1.83. The molecule has 0 fully saturated rings. The van der Waals surface area contributed by atoms with Crippen LogP contribution in [0.15, 0.2) is 84.9 Å². The lowest BCUT2D eigenvalue weighted by Gasteiger charge is -2.16. The van der Waals surface area contributed by atoms with Crippen molar-refractivity contribution in [2.24, 2.45) is 5.73 Å². The summed E-state index contributed by atoms with van der Waals surface area (Å²) in [6.07, 6.45) is -4.72. The molecule has 0 radical (unpaired) electrons. The molecule has 0 aliphatic carbocycles. The summed E-state index contributed by atoms with van der Waals surface area (Å²) in [4.78, 5) is 12.2. The molecule has 3 nitrogen and oxygen atoms in total. The number of carbonyl (C=O) groups excluding carboxylic acids is 1. The number of rotatable bonds is 4. The first kappa shape index (κ1) is 21.7. The fourth-order valence-corrected chi connectivity index (χ4v) is 4.47. The third-order valence-corrected chi connectivity index (χ3v) is 6.00. The van der Waals surface area contributed by atoms with Gasteiger partial charge >= 0.3 is 6.18 Å². The molecule has 0 aliphatic heterocycles. The van der Waals surface area contributed by atoms with Crippen LogP contribution < -0.4 is 5.73 Å². The van der Waals surface area contributed by atoms with Crippen LogP contribution in [0.4, 0.5) is 17.6 Å². The highest BCUT2D eigenvalue weighted by Gasteiger charge is 2.34. The molecule has 0 saturated carbocycles. The van der Waals surface area contributed by atoms with Crippen molar-refractivity contribution in [1.29, 1.82) is 0 Å². The van der Waals surface area contributed by atoms with Crippen molar-refractivity contribution >= 4 is 27.7 Å². The van der Waals surface area contributed by atoms with Gasteiger partial charge in [0.15, 0.2) is 0 Å². The van der Waals surface area contributed by atoms with Crippen molar-refractivity contribution in [3.05, 3.63) is 107 Å². The number of fused-ring (bicyclic) bond motifs is 3. The molecule has 170 valence electrons. The standard InChI is InChI=1S/C27H18F4N2O/c28-22-10-5-9-21(27(29,30)31)20(22)15-33-23-11-4-8-19(26(32)34)25(23)18-13-12-17(14-24(18)33)16-6-2-1-3-7-16/h1-14H,15H2,(H2,32,34). The molecule has 1 amide bonds. The van der Waals surface area contributed by atoms with Crippen LogP contribution in [0.2, 0.25) is 0 Å². The maximum Gasteiger partial charge on any atom is 0.416 e. The fraction of sp³-hybridized carbons (Fsp3) is 0.0741. The first-order valence-corrected chi connectivity index (χ1v) is 10.5. The monoisotopic (exact) mass is 462 g/mol. The second-order valence-electron chi connectivity index (χ2n) is 8.01. The third-order valence-electron chi connectivity index (χ3n) is 6.00. The van der Waals surface area contributed by atoms with Crippen molar-refractivity contribution in [2.75, 3.05) is 0 Å². The smallest absolute Gasteiger partial charge is 0.366 e. The van der Waals surface area contributed by atoms with Crippen LogP contribution >= 0.6 is 0 Å². The third kappa shape index (κ3) is 3.59. The van der Waals surface area contributed by atoms with Crippen molar-refractivity contribution in [3.63, 3.8) is 0 Å². The summed E-state index contributed by atoms with van der Waals surface area (Å²) in [5.41, 5.74) is 7.16. The number of hydrogen-bond acceptors (Lipinski definition) is 1. The fourth-order valence-electron chi connectivity index (χ4n) is 4.47. The van der Waals surface area contributed by atoms with E-state index in [2.05, 4.69) is 0 Å². The van der Waals surface area contributed by atoms with Gasteiger partial charge in [-0.1, -0.05) is 54.6 Å². The SMILES string of the molecule is NC(=O)c1cccc2c1c1ccc(-c3ccccc3)cc1n2Cc1c(F)cccc1C(F)(F)F. The van der Waals surface area contributed by atoms with Crippen LogP contribution in [0.5, 0.6) is 0 Å². The first-order chi connectivity index (χ1) is 16.3. The van der Waals surface area contributed by atoms with Crippen LogP contribution in [0.1, 0.15) is 21.5 Å². The highest BCUT2D eigenvalue weighted by Crippen LogP contribution is 2.38. The molecule has 2 N–H and O–H groups in total. The topological polar surface area (TPSA) is 48.0 Å². The molecule has 0 spiro atoms. The van der Waals surface area contributed by atoms with E-state index >= 15 is 0 Å². The zero-order valence-electron chi connectivity index (χ0n) is 17.7. The quantitative estimate of drug-likeness (QED) is 0.295. The Labute approximate surface area is 192 Å². The van der Waals surface area contributed by atoms with Gasteiger partial charge in [-0.15, -0.1) is 0 Å². The Hall–Kier alpha value is -4.13. The number of halogens is 4. The molecule has 34 heavy (non-hydrogen) atoms. The number of nitrogens with zero attached hydrogens (tertiary/aromatic N) is 1. The summed E-state index contributed by atoms with van der Waals surface area (Å²) in [6.45, 7) is -0.373. The molecule has 5 aromatic rings. The summed E-state index contributed by atoms with van der Waals surface area (Å²) in [5, 5.41) is 1.17. The van der Waals surface area contributed by atoms with Gasteiger partial charge in [-0.25, -0.2) is 4.39 Å². The summed E-state index contributed by atoms with van der Waals surface area (Å²) in [6, 6.07) is 22.8. The van der Waals surface area contributed by atoms with Gasteiger partial charge < -0.3 is 10.3 Å². The van der Waals surface area contributed by atoms with E-state index in [1.165, 1.54) is 0 Å². The maximum absolute atomic E-state index is 14.7. The lowest BCUT2D eigenvalue weighted by Crippen LogP contribution is -2.14. The van der Waals surface area contributed by atoms with Gasteiger partial charge in [0.25, 0.3) is 0 Å². The number of carbonyl (C=O) groups is 1. The van der Waals surface area contributed by atoms with E-state index in [9.17, 15) is 22.4 Å². The highest BCUT2D eigenvalue weighted by molar-refractivity contribution is 6.18. The van der Waals surface area contributed by atoms with Gasteiger partial charge in [-0.05, 0) is 41.5 Å².